The molecule has 1 fully saturated rings. The second kappa shape index (κ2) is 8.26. The van der Waals surface area contributed by atoms with Gasteiger partial charge in [-0.15, -0.1) is 0 Å². The van der Waals surface area contributed by atoms with E-state index in [1.807, 2.05) is 12.1 Å². The van der Waals surface area contributed by atoms with Gasteiger partial charge in [0, 0.05) is 12.7 Å². The molecule has 0 bridgehead atoms. The molecule has 1 aliphatic rings. The van der Waals surface area contributed by atoms with E-state index in [1.54, 1.807) is 38.2 Å². The van der Waals surface area contributed by atoms with E-state index in [4.69, 9.17) is 9.47 Å². The number of nitrogens with zero attached hydrogens (tertiary/aromatic N) is 2. The third kappa shape index (κ3) is 4.32. The number of hydrogen-bond acceptors (Lipinski definition) is 6. The van der Waals surface area contributed by atoms with Crippen molar-refractivity contribution in [2.75, 3.05) is 6.54 Å². The monoisotopic (exact) mass is 406 g/mol. The molecular formula is C19H22N2O6S. The Bertz CT molecular complexity index is 917. The average Bonchev–Trinajstić information content (AvgIpc) is 2.66. The number of carboxylic acid groups (broad SMARTS) is 1. The van der Waals surface area contributed by atoms with Crippen LogP contribution in [-0.4, -0.2) is 53.6 Å². The maximum absolute atomic E-state index is 13.0. The Balaban J connectivity index is 1.78. The number of aliphatic carboxylic acids is 1. The number of ether oxygens (including phenoxy) is 2. The Labute approximate surface area is 163 Å². The highest BCUT2D eigenvalue weighted by molar-refractivity contribution is 7.89. The van der Waals surface area contributed by atoms with Gasteiger partial charge in [0.25, 0.3) is 0 Å². The standard InChI is InChI=1S/C19H22N2O6S/c1-13-11-21(18(19(22)23)14(2)27-13)28(24,25)17-8-6-16(7-9-17)26-12-15-5-3-4-10-20-15/h3-10,13-14,18H,11-12H2,1-2H3,(H,22,23)/t13-,14-,18+/m0/s1. The summed E-state index contributed by atoms with van der Waals surface area (Å²) in [5.74, 6) is -0.749. The lowest BCUT2D eigenvalue weighted by Gasteiger charge is -2.39. The third-order valence-electron chi connectivity index (χ3n) is 4.44. The zero-order valence-electron chi connectivity index (χ0n) is 15.6. The summed E-state index contributed by atoms with van der Waals surface area (Å²) in [6, 6.07) is 10.1. The van der Waals surface area contributed by atoms with Crippen LogP contribution in [0.5, 0.6) is 5.75 Å². The molecule has 1 aromatic heterocycles. The fourth-order valence-electron chi connectivity index (χ4n) is 3.14. The molecule has 9 heteroatoms. The van der Waals surface area contributed by atoms with Gasteiger partial charge in [0.2, 0.25) is 10.0 Å². The lowest BCUT2D eigenvalue weighted by atomic mass is 10.1. The fourth-order valence-corrected chi connectivity index (χ4v) is 4.86. The average molecular weight is 406 g/mol. The first-order valence-electron chi connectivity index (χ1n) is 8.82. The predicted octanol–water partition coefficient (Wildman–Crippen LogP) is 1.91. The van der Waals surface area contributed by atoms with Gasteiger partial charge in [-0.05, 0) is 50.2 Å². The lowest BCUT2D eigenvalue weighted by molar-refractivity contribution is -0.155. The van der Waals surface area contributed by atoms with Crippen LogP contribution in [0.15, 0.2) is 53.6 Å². The van der Waals surface area contributed by atoms with E-state index in [0.717, 1.165) is 10.00 Å². The molecule has 0 spiro atoms. The van der Waals surface area contributed by atoms with E-state index < -0.39 is 34.2 Å². The Hall–Kier alpha value is -2.49. The van der Waals surface area contributed by atoms with E-state index in [0.29, 0.717) is 5.75 Å². The van der Waals surface area contributed by atoms with Crippen molar-refractivity contribution in [3.63, 3.8) is 0 Å². The van der Waals surface area contributed by atoms with Crippen molar-refractivity contribution < 1.29 is 27.8 Å². The number of carbonyl (C=O) groups is 1. The molecule has 3 rings (SSSR count). The van der Waals surface area contributed by atoms with Crippen molar-refractivity contribution >= 4 is 16.0 Å². The highest BCUT2D eigenvalue weighted by atomic mass is 32.2. The first kappa shape index (κ1) is 20.2. The molecule has 1 aliphatic heterocycles. The van der Waals surface area contributed by atoms with Crippen LogP contribution in [0.4, 0.5) is 0 Å². The smallest absolute Gasteiger partial charge is 0.324 e. The van der Waals surface area contributed by atoms with Crippen LogP contribution in [0.25, 0.3) is 0 Å². The summed E-state index contributed by atoms with van der Waals surface area (Å²) in [6.07, 6.45) is 0.510. The molecule has 150 valence electrons. The number of benzene rings is 1. The van der Waals surface area contributed by atoms with E-state index >= 15 is 0 Å². The SMILES string of the molecule is C[C@@H]1O[C@@H](C)CN(S(=O)(=O)c2ccc(OCc3ccccn3)cc2)[C@H]1C(=O)O. The second-order valence-electron chi connectivity index (χ2n) is 6.59. The number of aromatic nitrogens is 1. The first-order valence-corrected chi connectivity index (χ1v) is 10.3. The van der Waals surface area contributed by atoms with Crippen molar-refractivity contribution in [1.82, 2.24) is 9.29 Å². The lowest BCUT2D eigenvalue weighted by Crippen LogP contribution is -2.58. The zero-order valence-corrected chi connectivity index (χ0v) is 16.4. The van der Waals surface area contributed by atoms with E-state index in [1.165, 1.54) is 12.1 Å². The Morgan fingerprint density at radius 1 is 1.25 bits per heavy atom. The maximum Gasteiger partial charge on any atom is 0.324 e. The molecule has 0 amide bonds. The van der Waals surface area contributed by atoms with Gasteiger partial charge in [0.15, 0.2) is 0 Å². The number of carboxylic acids is 1. The van der Waals surface area contributed by atoms with Gasteiger partial charge in [-0.3, -0.25) is 9.78 Å². The molecule has 1 saturated heterocycles. The van der Waals surface area contributed by atoms with Gasteiger partial charge in [0.05, 0.1) is 22.8 Å². The molecule has 0 unspecified atom stereocenters. The summed E-state index contributed by atoms with van der Waals surface area (Å²) in [5.41, 5.74) is 0.750. The molecule has 1 aromatic carbocycles. The molecular weight excluding hydrogens is 384 g/mol. The van der Waals surface area contributed by atoms with Crippen molar-refractivity contribution in [3.8, 4) is 5.75 Å². The number of hydrogen-bond donors (Lipinski definition) is 1. The van der Waals surface area contributed by atoms with Gasteiger partial charge >= 0.3 is 5.97 Å². The molecule has 2 heterocycles. The maximum atomic E-state index is 13.0. The van der Waals surface area contributed by atoms with Gasteiger partial charge in [0.1, 0.15) is 18.4 Å². The fraction of sp³-hybridized carbons (Fsp3) is 0.368. The van der Waals surface area contributed by atoms with Crippen LogP contribution in [0.1, 0.15) is 19.5 Å². The van der Waals surface area contributed by atoms with Crippen LogP contribution in [0.2, 0.25) is 0 Å². The summed E-state index contributed by atoms with van der Waals surface area (Å²) in [5, 5.41) is 9.49. The minimum atomic E-state index is -4.00. The molecule has 1 N–H and O–H groups in total. The van der Waals surface area contributed by atoms with Crippen molar-refractivity contribution in [2.24, 2.45) is 0 Å². The second-order valence-corrected chi connectivity index (χ2v) is 8.48. The molecule has 0 aliphatic carbocycles. The van der Waals surface area contributed by atoms with E-state index in [9.17, 15) is 18.3 Å². The van der Waals surface area contributed by atoms with Crippen LogP contribution in [0, 0.1) is 0 Å². The third-order valence-corrected chi connectivity index (χ3v) is 6.30. The minimum absolute atomic E-state index is 0.00485. The molecule has 0 saturated carbocycles. The number of pyridine rings is 1. The van der Waals surface area contributed by atoms with Gasteiger partial charge < -0.3 is 14.6 Å². The number of sulfonamides is 1. The molecule has 0 radical (unpaired) electrons. The molecule has 28 heavy (non-hydrogen) atoms. The Morgan fingerprint density at radius 2 is 1.96 bits per heavy atom. The quantitative estimate of drug-likeness (QED) is 0.781. The summed E-state index contributed by atoms with van der Waals surface area (Å²) < 4.78 is 38.2. The summed E-state index contributed by atoms with van der Waals surface area (Å²) in [6.45, 7) is 3.51. The normalized spacial score (nSPS) is 23.3. The van der Waals surface area contributed by atoms with Gasteiger partial charge in [-0.25, -0.2) is 8.42 Å². The Kier molecular flexibility index (Phi) is 5.97. The van der Waals surface area contributed by atoms with Crippen molar-refractivity contribution in [2.45, 2.75) is 43.6 Å². The highest BCUT2D eigenvalue weighted by Gasteiger charge is 2.44. The van der Waals surface area contributed by atoms with Crippen LogP contribution in [0.3, 0.4) is 0 Å². The van der Waals surface area contributed by atoms with Crippen molar-refractivity contribution in [1.29, 1.82) is 0 Å². The number of rotatable bonds is 6. The van der Waals surface area contributed by atoms with Gasteiger partial charge in [-0.1, -0.05) is 6.07 Å². The molecule has 2 aromatic rings. The van der Waals surface area contributed by atoms with E-state index in [2.05, 4.69) is 4.98 Å². The van der Waals surface area contributed by atoms with Crippen LogP contribution < -0.4 is 4.74 Å². The van der Waals surface area contributed by atoms with Crippen LogP contribution in [-0.2, 0) is 26.2 Å². The summed E-state index contributed by atoms with van der Waals surface area (Å²) in [7, 11) is -4.00. The van der Waals surface area contributed by atoms with Crippen LogP contribution >= 0.6 is 0 Å². The number of morpholine rings is 1. The predicted molar refractivity (Wildman–Crippen MR) is 100 cm³/mol. The Morgan fingerprint density at radius 3 is 2.57 bits per heavy atom. The minimum Gasteiger partial charge on any atom is -0.487 e. The zero-order chi connectivity index (χ0) is 20.3. The summed E-state index contributed by atoms with van der Waals surface area (Å²) >= 11 is 0. The topological polar surface area (TPSA) is 106 Å². The van der Waals surface area contributed by atoms with E-state index in [-0.39, 0.29) is 18.0 Å². The van der Waals surface area contributed by atoms with Gasteiger partial charge in [-0.2, -0.15) is 4.31 Å². The molecule has 8 nitrogen and oxygen atoms in total. The highest BCUT2D eigenvalue weighted by Crippen LogP contribution is 2.27. The largest absolute Gasteiger partial charge is 0.487 e. The summed E-state index contributed by atoms with van der Waals surface area (Å²) in [4.78, 5) is 15.8. The van der Waals surface area contributed by atoms with Crippen molar-refractivity contribution in [3.05, 3.63) is 54.4 Å². The first-order chi connectivity index (χ1) is 13.3. The molecule has 3 atom stereocenters.